The summed E-state index contributed by atoms with van der Waals surface area (Å²) in [5, 5.41) is 0. The van der Waals surface area contributed by atoms with Crippen LogP contribution in [0.4, 0.5) is 8.78 Å². The molecule has 1 fully saturated rings. The molecule has 136 valence electrons. The zero-order valence-electron chi connectivity index (χ0n) is 14.5. The molecular formula is C20H20F2N2O2. The van der Waals surface area contributed by atoms with Gasteiger partial charge in [-0.25, -0.2) is 8.78 Å². The number of halogens is 2. The van der Waals surface area contributed by atoms with Crippen LogP contribution in [-0.4, -0.2) is 47.8 Å². The Morgan fingerprint density at radius 2 is 1.58 bits per heavy atom. The molecule has 26 heavy (non-hydrogen) atoms. The van der Waals surface area contributed by atoms with Crippen LogP contribution in [0.25, 0.3) is 0 Å². The Hall–Kier alpha value is -2.76. The lowest BCUT2D eigenvalue weighted by Crippen LogP contribution is -2.51. The van der Waals surface area contributed by atoms with Crippen LogP contribution in [0.5, 0.6) is 0 Å². The molecule has 1 saturated heterocycles. The van der Waals surface area contributed by atoms with Gasteiger partial charge >= 0.3 is 0 Å². The lowest BCUT2D eigenvalue weighted by Gasteiger charge is -2.35. The van der Waals surface area contributed by atoms with Gasteiger partial charge in [-0.3, -0.25) is 9.59 Å². The number of benzene rings is 2. The van der Waals surface area contributed by atoms with Gasteiger partial charge in [-0.1, -0.05) is 18.2 Å². The van der Waals surface area contributed by atoms with Gasteiger partial charge in [-0.15, -0.1) is 0 Å². The molecule has 0 atom stereocenters. The second-order valence-corrected chi connectivity index (χ2v) is 6.41. The number of piperazine rings is 1. The van der Waals surface area contributed by atoms with E-state index in [2.05, 4.69) is 0 Å². The molecule has 2 aromatic carbocycles. The first-order valence-corrected chi connectivity index (χ1v) is 8.52. The minimum Gasteiger partial charge on any atom is -0.339 e. The zero-order valence-corrected chi connectivity index (χ0v) is 14.5. The number of carbonyl (C=O) groups excluding carboxylic acids is 2. The first kappa shape index (κ1) is 18.0. The first-order valence-electron chi connectivity index (χ1n) is 8.52. The molecule has 4 nitrogen and oxygen atoms in total. The number of nitrogens with zero attached hydrogens (tertiary/aromatic N) is 2. The minimum atomic E-state index is -0.388. The Kier molecular flexibility index (Phi) is 5.30. The molecule has 1 heterocycles. The van der Waals surface area contributed by atoms with Crippen molar-refractivity contribution in [1.29, 1.82) is 0 Å². The topological polar surface area (TPSA) is 40.6 Å². The summed E-state index contributed by atoms with van der Waals surface area (Å²) in [6.07, 6.45) is 0.0117. The van der Waals surface area contributed by atoms with Gasteiger partial charge in [0.1, 0.15) is 11.6 Å². The van der Waals surface area contributed by atoms with Gasteiger partial charge in [-0.05, 0) is 42.3 Å². The summed E-state index contributed by atoms with van der Waals surface area (Å²) in [5.41, 5.74) is 1.24. The lowest BCUT2D eigenvalue weighted by molar-refractivity contribution is -0.132. The molecule has 6 heteroatoms. The summed E-state index contributed by atoms with van der Waals surface area (Å²) < 4.78 is 27.0. The maximum Gasteiger partial charge on any atom is 0.253 e. The number of amides is 2. The van der Waals surface area contributed by atoms with Crippen LogP contribution in [0.2, 0.25) is 0 Å². The van der Waals surface area contributed by atoms with E-state index in [1.54, 1.807) is 34.9 Å². The van der Waals surface area contributed by atoms with Gasteiger partial charge in [0.05, 0.1) is 6.42 Å². The van der Waals surface area contributed by atoms with Crippen LogP contribution in [0.1, 0.15) is 21.5 Å². The van der Waals surface area contributed by atoms with Crippen molar-refractivity contribution in [1.82, 2.24) is 9.80 Å². The zero-order chi connectivity index (χ0) is 18.7. The van der Waals surface area contributed by atoms with Crippen molar-refractivity contribution < 1.29 is 18.4 Å². The standard InChI is InChI=1S/C20H20F2N2O2/c1-14-12-16(6-7-17(14)21)20(26)24-10-8-23(9-11-24)19(25)13-15-4-2-3-5-18(15)22/h2-7,12H,8-11,13H2,1H3. The van der Waals surface area contributed by atoms with Crippen molar-refractivity contribution in [2.75, 3.05) is 26.2 Å². The third-order valence-corrected chi connectivity index (χ3v) is 4.62. The number of hydrogen-bond acceptors (Lipinski definition) is 2. The van der Waals surface area contributed by atoms with Gasteiger partial charge in [0, 0.05) is 31.7 Å². The Morgan fingerprint density at radius 3 is 2.23 bits per heavy atom. The molecule has 3 rings (SSSR count). The summed E-state index contributed by atoms with van der Waals surface area (Å²) in [6, 6.07) is 10.5. The van der Waals surface area contributed by atoms with E-state index in [0.29, 0.717) is 42.9 Å². The fourth-order valence-electron chi connectivity index (χ4n) is 3.04. The molecule has 2 aromatic rings. The van der Waals surface area contributed by atoms with E-state index < -0.39 is 0 Å². The largest absolute Gasteiger partial charge is 0.339 e. The fourth-order valence-corrected chi connectivity index (χ4v) is 3.04. The predicted molar refractivity (Wildman–Crippen MR) is 93.7 cm³/mol. The van der Waals surface area contributed by atoms with E-state index in [9.17, 15) is 18.4 Å². The number of aryl methyl sites for hydroxylation is 1. The molecule has 1 aliphatic heterocycles. The quantitative estimate of drug-likeness (QED) is 0.847. The lowest BCUT2D eigenvalue weighted by atomic mass is 10.1. The average molecular weight is 358 g/mol. The molecule has 0 unspecified atom stereocenters. The Labute approximate surface area is 151 Å². The van der Waals surface area contributed by atoms with Crippen LogP contribution in [0.15, 0.2) is 42.5 Å². The van der Waals surface area contributed by atoms with Crippen LogP contribution in [0, 0.1) is 18.6 Å². The van der Waals surface area contributed by atoms with Crippen molar-refractivity contribution in [2.24, 2.45) is 0 Å². The van der Waals surface area contributed by atoms with E-state index in [1.165, 1.54) is 24.3 Å². The highest BCUT2D eigenvalue weighted by atomic mass is 19.1. The summed E-state index contributed by atoms with van der Waals surface area (Å²) in [7, 11) is 0. The highest BCUT2D eigenvalue weighted by Gasteiger charge is 2.25. The molecule has 0 bridgehead atoms. The van der Waals surface area contributed by atoms with Gasteiger partial charge < -0.3 is 9.80 Å². The minimum absolute atomic E-state index is 0.0117. The Morgan fingerprint density at radius 1 is 0.923 bits per heavy atom. The first-order chi connectivity index (χ1) is 12.5. The molecular weight excluding hydrogens is 338 g/mol. The smallest absolute Gasteiger partial charge is 0.253 e. The van der Waals surface area contributed by atoms with Crippen molar-refractivity contribution in [3.8, 4) is 0 Å². The normalized spacial score (nSPS) is 14.4. The summed E-state index contributed by atoms with van der Waals surface area (Å²) in [4.78, 5) is 28.2. The number of carbonyl (C=O) groups is 2. The Balaban J connectivity index is 1.58. The van der Waals surface area contributed by atoms with Crippen LogP contribution in [-0.2, 0) is 11.2 Å². The van der Waals surface area contributed by atoms with Crippen LogP contribution >= 0.6 is 0 Å². The van der Waals surface area contributed by atoms with E-state index in [4.69, 9.17) is 0 Å². The van der Waals surface area contributed by atoms with E-state index in [0.717, 1.165) is 0 Å². The molecule has 0 aliphatic carbocycles. The van der Waals surface area contributed by atoms with Crippen molar-refractivity contribution in [3.63, 3.8) is 0 Å². The molecule has 0 saturated carbocycles. The van der Waals surface area contributed by atoms with Gasteiger partial charge in [-0.2, -0.15) is 0 Å². The molecule has 0 N–H and O–H groups in total. The Bertz CT molecular complexity index is 830. The maximum atomic E-state index is 13.7. The molecule has 2 amide bonds. The SMILES string of the molecule is Cc1cc(C(=O)N2CCN(C(=O)Cc3ccccc3F)CC2)ccc1F. The highest BCUT2D eigenvalue weighted by molar-refractivity contribution is 5.94. The van der Waals surface area contributed by atoms with Gasteiger partial charge in [0.2, 0.25) is 5.91 Å². The van der Waals surface area contributed by atoms with Crippen LogP contribution < -0.4 is 0 Å². The predicted octanol–water partition coefficient (Wildman–Crippen LogP) is 2.80. The monoisotopic (exact) mass is 358 g/mol. The summed E-state index contributed by atoms with van der Waals surface area (Å²) in [6.45, 7) is 3.22. The molecule has 0 aromatic heterocycles. The van der Waals surface area contributed by atoms with Gasteiger partial charge in [0.15, 0.2) is 0 Å². The number of hydrogen-bond donors (Lipinski definition) is 0. The summed E-state index contributed by atoms with van der Waals surface area (Å²) >= 11 is 0. The third kappa shape index (κ3) is 3.90. The van der Waals surface area contributed by atoms with Crippen LogP contribution in [0.3, 0.4) is 0 Å². The fraction of sp³-hybridized carbons (Fsp3) is 0.300. The third-order valence-electron chi connectivity index (χ3n) is 4.62. The maximum absolute atomic E-state index is 13.7. The highest BCUT2D eigenvalue weighted by Crippen LogP contribution is 2.14. The van der Waals surface area contributed by atoms with E-state index in [1.807, 2.05) is 0 Å². The van der Waals surface area contributed by atoms with Crippen molar-refractivity contribution in [2.45, 2.75) is 13.3 Å². The van der Waals surface area contributed by atoms with Gasteiger partial charge in [0.25, 0.3) is 5.91 Å². The van der Waals surface area contributed by atoms with E-state index >= 15 is 0 Å². The average Bonchev–Trinajstić information content (AvgIpc) is 2.65. The van der Waals surface area contributed by atoms with Crippen molar-refractivity contribution >= 4 is 11.8 Å². The second-order valence-electron chi connectivity index (χ2n) is 6.41. The molecule has 0 radical (unpaired) electrons. The second kappa shape index (κ2) is 7.64. The molecule has 0 spiro atoms. The summed E-state index contributed by atoms with van der Waals surface area (Å²) in [5.74, 6) is -1.06. The van der Waals surface area contributed by atoms with E-state index in [-0.39, 0.29) is 29.9 Å². The molecule has 1 aliphatic rings. The number of rotatable bonds is 3. The van der Waals surface area contributed by atoms with Crippen molar-refractivity contribution in [3.05, 3.63) is 70.8 Å².